The topological polar surface area (TPSA) is 71.5 Å². The van der Waals surface area contributed by atoms with E-state index in [2.05, 4.69) is 4.90 Å². The molecular weight excluding hydrogens is 360 g/mol. The Morgan fingerprint density at radius 2 is 1.93 bits per heavy atom. The molecule has 2 fully saturated rings. The van der Waals surface area contributed by atoms with Gasteiger partial charge in [-0.3, -0.25) is 9.69 Å². The van der Waals surface area contributed by atoms with Crippen molar-refractivity contribution in [2.75, 3.05) is 57.5 Å². The summed E-state index contributed by atoms with van der Waals surface area (Å²) in [5.74, 6) is 0.472. The molecule has 2 unspecified atom stereocenters. The number of anilines is 1. The highest BCUT2D eigenvalue weighted by Crippen LogP contribution is 2.44. The van der Waals surface area contributed by atoms with Gasteiger partial charge < -0.3 is 24.2 Å². The SMILES string of the molecule is CCOC1C(=O)c2c(N3CCCC3)ccc(C)c2OC1(CO)N1CCOCC1. The first-order chi connectivity index (χ1) is 13.6. The number of ether oxygens (including phenoxy) is 3. The summed E-state index contributed by atoms with van der Waals surface area (Å²) in [4.78, 5) is 18.0. The Balaban J connectivity index is 1.83. The van der Waals surface area contributed by atoms with E-state index in [0.717, 1.165) is 37.2 Å². The molecule has 3 aliphatic rings. The molecule has 7 heteroatoms. The normalized spacial score (nSPS) is 28.3. The third-order valence-electron chi connectivity index (χ3n) is 6.06. The van der Waals surface area contributed by atoms with Crippen molar-refractivity contribution in [3.8, 4) is 5.75 Å². The minimum Gasteiger partial charge on any atom is -0.466 e. The smallest absolute Gasteiger partial charge is 0.220 e. The molecule has 0 radical (unpaired) electrons. The lowest BCUT2D eigenvalue weighted by molar-refractivity contribution is -0.202. The van der Waals surface area contributed by atoms with Gasteiger partial charge in [-0.05, 0) is 38.3 Å². The molecular formula is C21H30N2O5. The second-order valence-corrected chi connectivity index (χ2v) is 7.70. The Hall–Kier alpha value is -1.67. The van der Waals surface area contributed by atoms with E-state index in [0.29, 0.717) is 44.2 Å². The summed E-state index contributed by atoms with van der Waals surface area (Å²) < 4.78 is 17.9. The molecule has 1 N–H and O–H groups in total. The number of benzene rings is 1. The molecule has 1 aromatic rings. The molecule has 0 spiro atoms. The van der Waals surface area contributed by atoms with Crippen LogP contribution in [0.3, 0.4) is 0 Å². The fraction of sp³-hybridized carbons (Fsp3) is 0.667. The average Bonchev–Trinajstić information content (AvgIpc) is 3.26. The molecule has 3 heterocycles. The predicted molar refractivity (Wildman–Crippen MR) is 105 cm³/mol. The minimum atomic E-state index is -1.22. The zero-order valence-electron chi connectivity index (χ0n) is 16.8. The summed E-state index contributed by atoms with van der Waals surface area (Å²) in [5.41, 5.74) is 1.18. The van der Waals surface area contributed by atoms with E-state index < -0.39 is 11.8 Å². The number of rotatable bonds is 5. The Kier molecular flexibility index (Phi) is 5.60. The quantitative estimate of drug-likeness (QED) is 0.819. The van der Waals surface area contributed by atoms with Crippen LogP contribution in [0, 0.1) is 6.92 Å². The Morgan fingerprint density at radius 3 is 2.57 bits per heavy atom. The van der Waals surface area contributed by atoms with Crippen molar-refractivity contribution in [2.24, 2.45) is 0 Å². The van der Waals surface area contributed by atoms with Crippen LogP contribution in [0.1, 0.15) is 35.7 Å². The van der Waals surface area contributed by atoms with E-state index in [1.54, 1.807) is 0 Å². The number of carbonyl (C=O) groups excluding carboxylic acids is 1. The number of hydrogen-bond acceptors (Lipinski definition) is 7. The van der Waals surface area contributed by atoms with Crippen molar-refractivity contribution in [3.63, 3.8) is 0 Å². The summed E-state index contributed by atoms with van der Waals surface area (Å²) in [6.07, 6.45) is 1.37. The molecule has 7 nitrogen and oxygen atoms in total. The molecule has 28 heavy (non-hydrogen) atoms. The fourth-order valence-electron chi connectivity index (χ4n) is 4.59. The van der Waals surface area contributed by atoms with Gasteiger partial charge in [-0.1, -0.05) is 6.07 Å². The third-order valence-corrected chi connectivity index (χ3v) is 6.06. The first-order valence-electron chi connectivity index (χ1n) is 10.3. The largest absolute Gasteiger partial charge is 0.466 e. The van der Waals surface area contributed by atoms with Crippen LogP contribution in [-0.2, 0) is 9.47 Å². The minimum absolute atomic E-state index is 0.103. The van der Waals surface area contributed by atoms with Crippen molar-refractivity contribution in [1.82, 2.24) is 4.90 Å². The number of aliphatic hydroxyl groups excluding tert-OH is 1. The Morgan fingerprint density at radius 1 is 1.21 bits per heavy atom. The highest BCUT2D eigenvalue weighted by molar-refractivity contribution is 6.08. The third kappa shape index (κ3) is 3.10. The standard InChI is InChI=1S/C21H30N2O5/c1-3-27-20-18(25)17-16(22-8-4-5-9-22)7-6-15(2)19(17)28-21(20,14-24)23-10-12-26-13-11-23/h6-7,20,24H,3-5,8-14H2,1-2H3. The summed E-state index contributed by atoms with van der Waals surface area (Å²) in [6, 6.07) is 4.02. The average molecular weight is 390 g/mol. The monoisotopic (exact) mass is 390 g/mol. The summed E-state index contributed by atoms with van der Waals surface area (Å²) in [5, 5.41) is 10.5. The number of Topliss-reactive ketones (excluding diaryl/α,β-unsaturated/α-hetero) is 1. The van der Waals surface area contributed by atoms with E-state index in [-0.39, 0.29) is 12.4 Å². The van der Waals surface area contributed by atoms with Gasteiger partial charge in [-0.2, -0.15) is 0 Å². The number of nitrogens with zero attached hydrogens (tertiary/aromatic N) is 2. The number of aliphatic hydroxyl groups is 1. The van der Waals surface area contributed by atoms with E-state index in [4.69, 9.17) is 14.2 Å². The van der Waals surface area contributed by atoms with Crippen LogP contribution in [0.2, 0.25) is 0 Å². The van der Waals surface area contributed by atoms with Crippen LogP contribution in [0.4, 0.5) is 5.69 Å². The van der Waals surface area contributed by atoms with Crippen molar-refractivity contribution >= 4 is 11.5 Å². The van der Waals surface area contributed by atoms with Gasteiger partial charge in [0.25, 0.3) is 0 Å². The van der Waals surface area contributed by atoms with Crippen LogP contribution < -0.4 is 9.64 Å². The molecule has 0 bridgehead atoms. The lowest BCUT2D eigenvalue weighted by Gasteiger charge is -2.50. The van der Waals surface area contributed by atoms with Crippen molar-refractivity contribution in [1.29, 1.82) is 0 Å². The number of carbonyl (C=O) groups is 1. The molecule has 3 aliphatic heterocycles. The molecule has 0 aliphatic carbocycles. The van der Waals surface area contributed by atoms with Gasteiger partial charge in [-0.15, -0.1) is 0 Å². The van der Waals surface area contributed by atoms with E-state index in [9.17, 15) is 9.90 Å². The lowest BCUT2D eigenvalue weighted by Crippen LogP contribution is -2.69. The van der Waals surface area contributed by atoms with E-state index >= 15 is 0 Å². The van der Waals surface area contributed by atoms with Crippen molar-refractivity contribution in [2.45, 2.75) is 38.5 Å². The summed E-state index contributed by atoms with van der Waals surface area (Å²) in [7, 11) is 0. The number of hydrogen-bond donors (Lipinski definition) is 1. The summed E-state index contributed by atoms with van der Waals surface area (Å²) in [6.45, 7) is 7.98. The highest BCUT2D eigenvalue weighted by atomic mass is 16.6. The van der Waals surface area contributed by atoms with Crippen LogP contribution in [0.5, 0.6) is 5.75 Å². The highest BCUT2D eigenvalue weighted by Gasteiger charge is 2.55. The first kappa shape index (κ1) is 19.6. The number of morpholine rings is 1. The van der Waals surface area contributed by atoms with Gasteiger partial charge in [0.05, 0.1) is 24.5 Å². The van der Waals surface area contributed by atoms with Crippen molar-refractivity contribution in [3.05, 3.63) is 23.3 Å². The molecule has 0 amide bonds. The van der Waals surface area contributed by atoms with Gasteiger partial charge in [0.15, 0.2) is 6.10 Å². The molecule has 0 aromatic heterocycles. The first-order valence-corrected chi connectivity index (χ1v) is 10.3. The zero-order valence-corrected chi connectivity index (χ0v) is 16.8. The van der Waals surface area contributed by atoms with Gasteiger partial charge in [0, 0.05) is 32.8 Å². The molecule has 0 saturated carbocycles. The van der Waals surface area contributed by atoms with Gasteiger partial charge in [-0.25, -0.2) is 0 Å². The summed E-state index contributed by atoms with van der Waals surface area (Å²) >= 11 is 0. The van der Waals surface area contributed by atoms with Gasteiger partial charge >= 0.3 is 0 Å². The number of ketones is 1. The molecule has 2 saturated heterocycles. The van der Waals surface area contributed by atoms with Crippen LogP contribution in [0.15, 0.2) is 12.1 Å². The second-order valence-electron chi connectivity index (χ2n) is 7.70. The number of fused-ring (bicyclic) bond motifs is 1. The van der Waals surface area contributed by atoms with Gasteiger partial charge in [0.1, 0.15) is 12.4 Å². The van der Waals surface area contributed by atoms with Crippen LogP contribution in [0.25, 0.3) is 0 Å². The Bertz CT molecular complexity index is 728. The predicted octanol–water partition coefficient (Wildman–Crippen LogP) is 1.60. The van der Waals surface area contributed by atoms with Crippen LogP contribution in [-0.4, -0.2) is 80.2 Å². The molecule has 154 valence electrons. The van der Waals surface area contributed by atoms with E-state index in [1.165, 1.54) is 0 Å². The van der Waals surface area contributed by atoms with Gasteiger partial charge in [0.2, 0.25) is 11.5 Å². The molecule has 4 rings (SSSR count). The molecule has 1 aromatic carbocycles. The van der Waals surface area contributed by atoms with E-state index in [1.807, 2.05) is 30.9 Å². The zero-order chi connectivity index (χ0) is 19.7. The van der Waals surface area contributed by atoms with Crippen molar-refractivity contribution < 1.29 is 24.1 Å². The number of aryl methyl sites for hydroxylation is 1. The Labute approximate surface area is 166 Å². The lowest BCUT2D eigenvalue weighted by atomic mass is 9.89. The van der Waals surface area contributed by atoms with Crippen LogP contribution >= 0.6 is 0 Å². The maximum Gasteiger partial charge on any atom is 0.220 e. The molecule has 2 atom stereocenters. The maximum absolute atomic E-state index is 13.8. The fourth-order valence-corrected chi connectivity index (χ4v) is 4.59. The second kappa shape index (κ2) is 7.99. The maximum atomic E-state index is 13.8.